The molecule has 4 aromatic rings. The van der Waals surface area contributed by atoms with E-state index in [1.807, 2.05) is 30.3 Å². The maximum Gasteiger partial charge on any atom is 0.277 e. The standard InChI is InChI=1S/C28H23ClN4O6/c1-31(28(36)37)22-10-8-21(9-11-22)30-27(35)25(15-18-5-3-2-4-6-18)32-14-13-19(16-26(32)34)23-17-20(29)7-12-24(23)33(38)39/h2-14,16-17,25H,15H2,1H3,(H,30,35)(H,36,37)/p-1. The van der Waals surface area contributed by atoms with Gasteiger partial charge in [-0.15, -0.1) is 0 Å². The van der Waals surface area contributed by atoms with Crippen molar-refractivity contribution >= 4 is 40.7 Å². The Morgan fingerprint density at radius 3 is 2.33 bits per heavy atom. The molecule has 0 saturated heterocycles. The van der Waals surface area contributed by atoms with E-state index in [2.05, 4.69) is 5.32 Å². The molecule has 3 aromatic carbocycles. The van der Waals surface area contributed by atoms with E-state index in [4.69, 9.17) is 11.6 Å². The number of nitro groups is 1. The van der Waals surface area contributed by atoms with Crippen LogP contribution in [0.4, 0.5) is 21.9 Å². The summed E-state index contributed by atoms with van der Waals surface area (Å²) >= 11 is 6.05. The Morgan fingerprint density at radius 2 is 1.72 bits per heavy atom. The zero-order valence-corrected chi connectivity index (χ0v) is 21.4. The van der Waals surface area contributed by atoms with Gasteiger partial charge in [-0.1, -0.05) is 41.9 Å². The first-order valence-corrected chi connectivity index (χ1v) is 12.1. The SMILES string of the molecule is CN(C(=O)[O-])c1ccc(NC(=O)C(Cc2ccccc2)n2ccc(-c3cc(Cl)ccc3[N+](=O)[O-])cc2=O)cc1. The molecular formula is C28H22ClN4O6-. The first kappa shape index (κ1) is 27.1. The van der Waals surface area contributed by atoms with Gasteiger partial charge in [-0.05, 0) is 53.6 Å². The molecule has 0 aliphatic rings. The number of halogens is 1. The van der Waals surface area contributed by atoms with E-state index in [9.17, 15) is 29.6 Å². The third kappa shape index (κ3) is 6.31. The molecule has 198 valence electrons. The highest BCUT2D eigenvalue weighted by Gasteiger charge is 2.24. The number of hydrogen-bond acceptors (Lipinski definition) is 6. The number of aromatic nitrogens is 1. The highest BCUT2D eigenvalue weighted by atomic mass is 35.5. The topological polar surface area (TPSA) is 138 Å². The molecule has 0 saturated carbocycles. The molecular weight excluding hydrogens is 524 g/mol. The van der Waals surface area contributed by atoms with Crippen molar-refractivity contribution in [3.63, 3.8) is 0 Å². The molecule has 0 fully saturated rings. The number of benzene rings is 3. The first-order valence-electron chi connectivity index (χ1n) is 11.7. The second kappa shape index (κ2) is 11.6. The van der Waals surface area contributed by atoms with Crippen LogP contribution >= 0.6 is 11.6 Å². The fraction of sp³-hybridized carbons (Fsp3) is 0.107. The minimum atomic E-state index is -1.37. The number of amides is 2. The van der Waals surface area contributed by atoms with E-state index < -0.39 is 28.5 Å². The van der Waals surface area contributed by atoms with Crippen LogP contribution in [0.15, 0.2) is 95.9 Å². The minimum Gasteiger partial charge on any atom is -0.530 e. The van der Waals surface area contributed by atoms with Gasteiger partial charge in [0.1, 0.15) is 12.1 Å². The van der Waals surface area contributed by atoms with Crippen LogP contribution in [0.2, 0.25) is 5.02 Å². The maximum atomic E-state index is 13.4. The smallest absolute Gasteiger partial charge is 0.277 e. The third-order valence-electron chi connectivity index (χ3n) is 6.12. The van der Waals surface area contributed by atoms with E-state index in [-0.39, 0.29) is 28.3 Å². The molecule has 11 heteroatoms. The van der Waals surface area contributed by atoms with Crippen LogP contribution in [0.5, 0.6) is 0 Å². The summed E-state index contributed by atoms with van der Waals surface area (Å²) in [6, 6.07) is 21.1. The predicted octanol–water partition coefficient (Wildman–Crippen LogP) is 4.28. The maximum absolute atomic E-state index is 13.4. The summed E-state index contributed by atoms with van der Waals surface area (Å²) in [5.41, 5.74) is 1.29. The van der Waals surface area contributed by atoms with Crippen LogP contribution in [0.3, 0.4) is 0 Å². The molecule has 39 heavy (non-hydrogen) atoms. The van der Waals surface area contributed by atoms with Crippen molar-refractivity contribution in [3.05, 3.63) is 122 Å². The van der Waals surface area contributed by atoms with E-state index in [0.29, 0.717) is 11.4 Å². The molecule has 0 bridgehead atoms. The molecule has 0 aliphatic carbocycles. The van der Waals surface area contributed by atoms with Crippen LogP contribution in [0, 0.1) is 10.1 Å². The second-order valence-electron chi connectivity index (χ2n) is 8.65. The highest BCUT2D eigenvalue weighted by Crippen LogP contribution is 2.32. The summed E-state index contributed by atoms with van der Waals surface area (Å²) in [5, 5.41) is 25.6. The van der Waals surface area contributed by atoms with Gasteiger partial charge in [-0.2, -0.15) is 0 Å². The molecule has 10 nitrogen and oxygen atoms in total. The number of nitro benzene ring substituents is 1. The zero-order chi connectivity index (χ0) is 28.1. The Bertz CT molecular complexity index is 1590. The molecule has 1 atom stereocenters. The number of anilines is 2. The van der Waals surface area contributed by atoms with Crippen molar-refractivity contribution in [2.45, 2.75) is 12.5 Å². The lowest BCUT2D eigenvalue weighted by atomic mass is 10.0. The molecule has 0 aliphatic heterocycles. The second-order valence-corrected chi connectivity index (χ2v) is 9.08. The summed E-state index contributed by atoms with van der Waals surface area (Å²) in [6.45, 7) is 0. The number of rotatable bonds is 8. The summed E-state index contributed by atoms with van der Waals surface area (Å²) in [6.07, 6.45) is 0.239. The van der Waals surface area contributed by atoms with Crippen molar-refractivity contribution in [2.75, 3.05) is 17.3 Å². The Kier molecular flexibility index (Phi) is 8.07. The van der Waals surface area contributed by atoms with Crippen molar-refractivity contribution in [1.29, 1.82) is 0 Å². The van der Waals surface area contributed by atoms with Gasteiger partial charge in [0.05, 0.1) is 10.5 Å². The average Bonchev–Trinajstić information content (AvgIpc) is 2.92. The van der Waals surface area contributed by atoms with Gasteiger partial charge in [0.15, 0.2) is 0 Å². The Morgan fingerprint density at radius 1 is 1.03 bits per heavy atom. The largest absolute Gasteiger partial charge is 0.530 e. The molecule has 2 amide bonds. The van der Waals surface area contributed by atoms with E-state index in [0.717, 1.165) is 10.5 Å². The number of nitrogens with zero attached hydrogens (tertiary/aromatic N) is 3. The summed E-state index contributed by atoms with van der Waals surface area (Å²) in [5.74, 6) is -0.483. The van der Waals surface area contributed by atoms with Crippen molar-refractivity contribution < 1.29 is 19.6 Å². The van der Waals surface area contributed by atoms with E-state index >= 15 is 0 Å². The molecule has 0 spiro atoms. The van der Waals surface area contributed by atoms with Crippen LogP contribution in [0.25, 0.3) is 11.1 Å². The summed E-state index contributed by atoms with van der Waals surface area (Å²) in [7, 11) is 1.34. The first-order chi connectivity index (χ1) is 18.6. The third-order valence-corrected chi connectivity index (χ3v) is 6.36. The van der Waals surface area contributed by atoms with Gasteiger partial charge in [0.25, 0.3) is 11.2 Å². The number of hydrogen-bond donors (Lipinski definition) is 1. The van der Waals surface area contributed by atoms with Gasteiger partial charge in [0, 0.05) is 48.2 Å². The minimum absolute atomic E-state index is 0.183. The van der Waals surface area contributed by atoms with E-state index in [1.165, 1.54) is 72.4 Å². The van der Waals surface area contributed by atoms with Crippen LogP contribution in [0.1, 0.15) is 11.6 Å². The quantitative estimate of drug-likeness (QED) is 0.259. The average molecular weight is 546 g/mol. The monoisotopic (exact) mass is 545 g/mol. The van der Waals surface area contributed by atoms with Gasteiger partial charge >= 0.3 is 0 Å². The lowest BCUT2D eigenvalue weighted by molar-refractivity contribution is -0.384. The lowest BCUT2D eigenvalue weighted by Crippen LogP contribution is -2.38. The summed E-state index contributed by atoms with van der Waals surface area (Å²) in [4.78, 5) is 49.7. The molecule has 1 unspecified atom stereocenters. The fourth-order valence-electron chi connectivity index (χ4n) is 4.07. The Labute approximate surface area is 227 Å². The number of pyridine rings is 1. The van der Waals surface area contributed by atoms with Crippen LogP contribution in [-0.4, -0.2) is 28.5 Å². The van der Waals surface area contributed by atoms with Crippen molar-refractivity contribution in [2.24, 2.45) is 0 Å². The normalized spacial score (nSPS) is 11.4. The predicted molar refractivity (Wildman–Crippen MR) is 146 cm³/mol. The highest BCUT2D eigenvalue weighted by molar-refractivity contribution is 6.31. The Hall–Kier alpha value is -4.96. The van der Waals surface area contributed by atoms with Crippen LogP contribution < -0.4 is 20.9 Å². The summed E-state index contributed by atoms with van der Waals surface area (Å²) < 4.78 is 1.26. The molecule has 4 rings (SSSR count). The molecule has 1 heterocycles. The lowest BCUT2D eigenvalue weighted by Gasteiger charge is -2.21. The molecule has 1 N–H and O–H groups in total. The fourth-order valence-corrected chi connectivity index (χ4v) is 4.24. The number of carbonyl (C=O) groups excluding carboxylic acids is 2. The molecule has 1 aromatic heterocycles. The van der Waals surface area contributed by atoms with Crippen molar-refractivity contribution in [3.8, 4) is 11.1 Å². The number of carbonyl (C=O) groups is 2. The van der Waals surface area contributed by atoms with Gasteiger partial charge < -0.3 is 24.7 Å². The molecule has 0 radical (unpaired) electrons. The van der Waals surface area contributed by atoms with Gasteiger partial charge in [0.2, 0.25) is 5.91 Å². The number of nitrogens with one attached hydrogen (secondary N) is 1. The Balaban J connectivity index is 1.68. The van der Waals surface area contributed by atoms with Crippen LogP contribution in [-0.2, 0) is 11.2 Å². The van der Waals surface area contributed by atoms with E-state index in [1.54, 1.807) is 0 Å². The van der Waals surface area contributed by atoms with Crippen molar-refractivity contribution in [1.82, 2.24) is 4.57 Å². The zero-order valence-electron chi connectivity index (χ0n) is 20.6. The van der Waals surface area contributed by atoms with Gasteiger partial charge in [-0.25, -0.2) is 0 Å². The van der Waals surface area contributed by atoms with Gasteiger partial charge in [-0.3, -0.25) is 19.7 Å². The number of carboxylic acid groups (broad SMARTS) is 1.